The Balaban J connectivity index is 0.000000640. The molecule has 0 unspecified atom stereocenters. The van der Waals surface area contributed by atoms with Crippen LogP contribution in [0, 0.1) is 5.92 Å². The van der Waals surface area contributed by atoms with E-state index in [0.717, 1.165) is 0 Å². The SMILES string of the molecule is CC[C-]1CCCCC1.[Na+]. The summed E-state index contributed by atoms with van der Waals surface area (Å²) in [4.78, 5) is 0. The number of hydrogen-bond acceptors (Lipinski definition) is 0. The van der Waals surface area contributed by atoms with Crippen molar-refractivity contribution in [3.8, 4) is 0 Å². The van der Waals surface area contributed by atoms with Crippen LogP contribution in [0.1, 0.15) is 45.4 Å². The van der Waals surface area contributed by atoms with Crippen LogP contribution in [-0.4, -0.2) is 0 Å². The summed E-state index contributed by atoms with van der Waals surface area (Å²) >= 11 is 0. The fourth-order valence-electron chi connectivity index (χ4n) is 1.41. The van der Waals surface area contributed by atoms with Crippen molar-refractivity contribution in [2.75, 3.05) is 0 Å². The molecule has 1 aliphatic carbocycles. The molecular formula is C8H15Na. The summed E-state index contributed by atoms with van der Waals surface area (Å²) in [5.41, 5.74) is 0. The molecule has 1 rings (SSSR count). The van der Waals surface area contributed by atoms with E-state index in [1.54, 1.807) is 5.92 Å². The minimum atomic E-state index is 0. The Bertz CT molecular complexity index is 55.6. The molecule has 0 radical (unpaired) electrons. The van der Waals surface area contributed by atoms with Gasteiger partial charge < -0.3 is 5.92 Å². The predicted octanol–water partition coefficient (Wildman–Crippen LogP) is -0.0610. The average molecular weight is 134 g/mol. The van der Waals surface area contributed by atoms with Gasteiger partial charge in [0.05, 0.1) is 0 Å². The number of hydrogen-bond donors (Lipinski definition) is 0. The molecule has 1 heteroatoms. The van der Waals surface area contributed by atoms with Crippen LogP contribution in [0.4, 0.5) is 0 Å². The van der Waals surface area contributed by atoms with E-state index < -0.39 is 0 Å². The van der Waals surface area contributed by atoms with Gasteiger partial charge in [-0.15, -0.1) is 0 Å². The molecule has 0 amide bonds. The Labute approximate surface area is 80.7 Å². The van der Waals surface area contributed by atoms with Crippen molar-refractivity contribution in [3.05, 3.63) is 5.92 Å². The second kappa shape index (κ2) is 5.76. The molecule has 0 saturated heterocycles. The molecule has 0 heterocycles. The standard InChI is InChI=1S/C8H15.Na/c1-2-8-6-4-3-5-7-8;/h2-7H2,1H3;/q-1;+1. The molecular weight excluding hydrogens is 119 g/mol. The molecule has 1 aliphatic rings. The van der Waals surface area contributed by atoms with Crippen LogP contribution in [0.3, 0.4) is 0 Å². The van der Waals surface area contributed by atoms with Gasteiger partial charge in [0, 0.05) is 0 Å². The summed E-state index contributed by atoms with van der Waals surface area (Å²) in [5.74, 6) is 1.80. The van der Waals surface area contributed by atoms with Crippen LogP contribution in [0.15, 0.2) is 0 Å². The van der Waals surface area contributed by atoms with Crippen LogP contribution < -0.4 is 29.6 Å². The summed E-state index contributed by atoms with van der Waals surface area (Å²) in [6.07, 6.45) is 8.59. The van der Waals surface area contributed by atoms with Crippen LogP contribution in [0.25, 0.3) is 0 Å². The minimum Gasteiger partial charge on any atom is -0.314 e. The first-order valence-corrected chi connectivity index (χ1v) is 3.77. The topological polar surface area (TPSA) is 0 Å². The molecule has 1 fully saturated rings. The molecule has 0 bridgehead atoms. The van der Waals surface area contributed by atoms with Gasteiger partial charge >= 0.3 is 29.6 Å². The molecule has 0 N–H and O–H groups in total. The zero-order valence-electron chi connectivity index (χ0n) is 6.74. The Kier molecular flexibility index (Phi) is 6.40. The van der Waals surface area contributed by atoms with Gasteiger partial charge in [0.2, 0.25) is 0 Å². The van der Waals surface area contributed by atoms with Crippen LogP contribution in [0.2, 0.25) is 0 Å². The third kappa shape index (κ3) is 3.64. The quantitative estimate of drug-likeness (QED) is 0.348. The van der Waals surface area contributed by atoms with Gasteiger partial charge in [-0.3, -0.25) is 0 Å². The third-order valence-corrected chi connectivity index (χ3v) is 2.06. The van der Waals surface area contributed by atoms with E-state index in [9.17, 15) is 0 Å². The van der Waals surface area contributed by atoms with E-state index in [-0.39, 0.29) is 29.6 Å². The van der Waals surface area contributed by atoms with Gasteiger partial charge in [0.25, 0.3) is 0 Å². The fraction of sp³-hybridized carbons (Fsp3) is 0.875. The molecule has 0 aromatic rings. The predicted molar refractivity (Wildman–Crippen MR) is 36.6 cm³/mol. The second-order valence-electron chi connectivity index (χ2n) is 2.66. The third-order valence-electron chi connectivity index (χ3n) is 2.06. The second-order valence-corrected chi connectivity index (χ2v) is 2.66. The Morgan fingerprint density at radius 1 is 1.11 bits per heavy atom. The maximum Gasteiger partial charge on any atom is 1.00 e. The Morgan fingerprint density at radius 3 is 2.00 bits per heavy atom. The fourth-order valence-corrected chi connectivity index (χ4v) is 1.41. The van der Waals surface area contributed by atoms with Gasteiger partial charge in [0.15, 0.2) is 0 Å². The zero-order valence-corrected chi connectivity index (χ0v) is 8.74. The first-order chi connectivity index (χ1) is 3.93. The largest absolute Gasteiger partial charge is 1.00 e. The molecule has 9 heavy (non-hydrogen) atoms. The Hall–Kier alpha value is 1.00. The molecule has 1 saturated carbocycles. The molecule has 0 aromatic heterocycles. The minimum absolute atomic E-state index is 0. The zero-order chi connectivity index (χ0) is 5.82. The molecule has 0 aromatic carbocycles. The van der Waals surface area contributed by atoms with Crippen molar-refractivity contribution in [2.24, 2.45) is 0 Å². The van der Waals surface area contributed by atoms with Crippen LogP contribution in [-0.2, 0) is 0 Å². The maximum absolute atomic E-state index is 2.28. The van der Waals surface area contributed by atoms with Gasteiger partial charge in [0.1, 0.15) is 0 Å². The summed E-state index contributed by atoms with van der Waals surface area (Å²) in [6.45, 7) is 2.28. The van der Waals surface area contributed by atoms with Crippen molar-refractivity contribution in [3.63, 3.8) is 0 Å². The summed E-state index contributed by atoms with van der Waals surface area (Å²) in [7, 11) is 0. The van der Waals surface area contributed by atoms with E-state index in [0.29, 0.717) is 0 Å². The molecule has 0 spiro atoms. The smallest absolute Gasteiger partial charge is 0.314 e. The van der Waals surface area contributed by atoms with E-state index >= 15 is 0 Å². The van der Waals surface area contributed by atoms with Gasteiger partial charge in [-0.25, -0.2) is 0 Å². The van der Waals surface area contributed by atoms with E-state index in [1.807, 2.05) is 0 Å². The van der Waals surface area contributed by atoms with Gasteiger partial charge in [-0.2, -0.15) is 19.3 Å². The van der Waals surface area contributed by atoms with Gasteiger partial charge in [-0.05, 0) is 0 Å². The van der Waals surface area contributed by atoms with Crippen molar-refractivity contribution in [1.29, 1.82) is 0 Å². The molecule has 48 valence electrons. The average Bonchev–Trinajstić information content (AvgIpc) is 1.90. The van der Waals surface area contributed by atoms with Crippen molar-refractivity contribution in [1.82, 2.24) is 0 Å². The normalized spacial score (nSPS) is 21.0. The number of rotatable bonds is 1. The van der Waals surface area contributed by atoms with E-state index in [4.69, 9.17) is 0 Å². The molecule has 0 nitrogen and oxygen atoms in total. The van der Waals surface area contributed by atoms with Crippen LogP contribution in [0.5, 0.6) is 0 Å². The van der Waals surface area contributed by atoms with Crippen molar-refractivity contribution in [2.45, 2.75) is 45.4 Å². The van der Waals surface area contributed by atoms with Crippen LogP contribution >= 0.6 is 0 Å². The first-order valence-electron chi connectivity index (χ1n) is 3.77. The van der Waals surface area contributed by atoms with E-state index in [2.05, 4.69) is 6.92 Å². The van der Waals surface area contributed by atoms with Crippen molar-refractivity contribution < 1.29 is 29.6 Å². The van der Waals surface area contributed by atoms with E-state index in [1.165, 1.54) is 38.5 Å². The Morgan fingerprint density at radius 2 is 1.67 bits per heavy atom. The first kappa shape index (κ1) is 10.0. The maximum atomic E-state index is 2.28. The van der Waals surface area contributed by atoms with Gasteiger partial charge in [-0.1, -0.05) is 26.2 Å². The monoisotopic (exact) mass is 134 g/mol. The molecule has 0 atom stereocenters. The summed E-state index contributed by atoms with van der Waals surface area (Å²) in [6, 6.07) is 0. The summed E-state index contributed by atoms with van der Waals surface area (Å²) in [5, 5.41) is 0. The molecule has 0 aliphatic heterocycles. The summed E-state index contributed by atoms with van der Waals surface area (Å²) < 4.78 is 0. The van der Waals surface area contributed by atoms with Crippen molar-refractivity contribution >= 4 is 0 Å².